The molecule has 3 rings (SSSR count). The molecule has 1 aliphatic carbocycles. The molecule has 0 bridgehead atoms. The predicted octanol–water partition coefficient (Wildman–Crippen LogP) is 3.80. The zero-order chi connectivity index (χ0) is 16.4. The molecule has 1 heterocycles. The summed E-state index contributed by atoms with van der Waals surface area (Å²) in [5.74, 6) is 0.133. The topological polar surface area (TPSA) is 81.5 Å². The van der Waals surface area contributed by atoms with Crippen LogP contribution in [0.25, 0.3) is 0 Å². The number of amides is 1. The Kier molecular flexibility index (Phi) is 4.29. The smallest absolute Gasteiger partial charge is 0.271 e. The summed E-state index contributed by atoms with van der Waals surface area (Å²) in [7, 11) is 1.46. The molecule has 0 aliphatic heterocycles. The van der Waals surface area contributed by atoms with Crippen LogP contribution in [0.1, 0.15) is 33.0 Å². The standard InChI is InChI=1S/C16H16N2O4S/c1-22-13-7-6-11(18(20)21)9-12(13)17-16(19)15-8-10-4-2-3-5-14(10)23-15/h6-9H,2-5H2,1H3,(H,17,19). The first-order valence-electron chi connectivity index (χ1n) is 7.34. The number of nitrogens with one attached hydrogen (secondary N) is 1. The van der Waals surface area contributed by atoms with Crippen LogP contribution < -0.4 is 10.1 Å². The first kappa shape index (κ1) is 15.5. The van der Waals surface area contributed by atoms with Crippen molar-refractivity contribution in [3.05, 3.63) is 49.7 Å². The highest BCUT2D eigenvalue weighted by atomic mass is 32.1. The van der Waals surface area contributed by atoms with E-state index in [9.17, 15) is 14.9 Å². The quantitative estimate of drug-likeness (QED) is 0.682. The average molecular weight is 332 g/mol. The Bertz CT molecular complexity index is 746. The lowest BCUT2D eigenvalue weighted by molar-refractivity contribution is -0.384. The lowest BCUT2D eigenvalue weighted by Gasteiger charge is -2.09. The largest absolute Gasteiger partial charge is 0.495 e. The molecule has 1 aromatic heterocycles. The molecule has 6 nitrogen and oxygen atoms in total. The summed E-state index contributed by atoms with van der Waals surface area (Å²) in [5.41, 5.74) is 1.46. The van der Waals surface area contributed by atoms with E-state index in [1.807, 2.05) is 6.07 Å². The summed E-state index contributed by atoms with van der Waals surface area (Å²) in [5, 5.41) is 13.6. The molecule has 23 heavy (non-hydrogen) atoms. The second kappa shape index (κ2) is 6.37. The van der Waals surface area contributed by atoms with Crippen LogP contribution in [0.5, 0.6) is 5.75 Å². The van der Waals surface area contributed by atoms with Gasteiger partial charge in [0.05, 0.1) is 22.6 Å². The molecule has 0 fully saturated rings. The van der Waals surface area contributed by atoms with Crippen LogP contribution in [-0.2, 0) is 12.8 Å². The van der Waals surface area contributed by atoms with Crippen LogP contribution in [0, 0.1) is 10.1 Å². The van der Waals surface area contributed by atoms with Gasteiger partial charge in [-0.15, -0.1) is 11.3 Å². The molecule has 0 spiro atoms. The van der Waals surface area contributed by atoms with E-state index in [0.717, 1.165) is 25.7 Å². The molecule has 1 N–H and O–H groups in total. The van der Waals surface area contributed by atoms with E-state index in [1.165, 1.54) is 47.1 Å². The van der Waals surface area contributed by atoms with Crippen LogP contribution >= 0.6 is 11.3 Å². The van der Waals surface area contributed by atoms with Crippen molar-refractivity contribution < 1.29 is 14.5 Å². The number of ether oxygens (including phenoxy) is 1. The number of fused-ring (bicyclic) bond motifs is 1. The number of nitro groups is 1. The highest BCUT2D eigenvalue weighted by Gasteiger charge is 2.19. The Balaban J connectivity index is 1.85. The molecular weight excluding hydrogens is 316 g/mol. The van der Waals surface area contributed by atoms with E-state index in [4.69, 9.17) is 4.74 Å². The van der Waals surface area contributed by atoms with E-state index in [1.54, 1.807) is 0 Å². The SMILES string of the molecule is COc1ccc([N+](=O)[O-])cc1NC(=O)c1cc2c(s1)CCCC2. The fraction of sp³-hybridized carbons (Fsp3) is 0.312. The molecule has 1 amide bonds. The van der Waals surface area contributed by atoms with Gasteiger partial charge in [-0.3, -0.25) is 14.9 Å². The van der Waals surface area contributed by atoms with Gasteiger partial charge in [-0.2, -0.15) is 0 Å². The second-order valence-corrected chi connectivity index (χ2v) is 6.50. The predicted molar refractivity (Wildman–Crippen MR) is 88.6 cm³/mol. The summed E-state index contributed by atoms with van der Waals surface area (Å²) in [6, 6.07) is 6.06. The van der Waals surface area contributed by atoms with E-state index < -0.39 is 4.92 Å². The molecule has 0 saturated heterocycles. The summed E-state index contributed by atoms with van der Waals surface area (Å²) in [6.07, 6.45) is 4.35. The fourth-order valence-electron chi connectivity index (χ4n) is 2.69. The van der Waals surface area contributed by atoms with Crippen LogP contribution in [0.2, 0.25) is 0 Å². The number of carbonyl (C=O) groups is 1. The number of hydrogen-bond donors (Lipinski definition) is 1. The summed E-state index contributed by atoms with van der Waals surface area (Å²) >= 11 is 1.50. The van der Waals surface area contributed by atoms with Crippen molar-refractivity contribution in [1.29, 1.82) is 0 Å². The minimum atomic E-state index is -0.501. The second-order valence-electron chi connectivity index (χ2n) is 5.36. The number of benzene rings is 1. The van der Waals surface area contributed by atoms with E-state index in [-0.39, 0.29) is 11.6 Å². The van der Waals surface area contributed by atoms with Crippen molar-refractivity contribution in [3.63, 3.8) is 0 Å². The summed E-state index contributed by atoms with van der Waals surface area (Å²) < 4.78 is 5.16. The third kappa shape index (κ3) is 3.19. The van der Waals surface area contributed by atoms with Gasteiger partial charge in [0.25, 0.3) is 11.6 Å². The summed E-state index contributed by atoms with van der Waals surface area (Å²) in [4.78, 5) is 24.8. The number of non-ortho nitro benzene ring substituents is 1. The van der Waals surface area contributed by atoms with Gasteiger partial charge in [-0.1, -0.05) is 0 Å². The average Bonchev–Trinajstić information content (AvgIpc) is 2.99. The van der Waals surface area contributed by atoms with E-state index in [0.29, 0.717) is 16.3 Å². The zero-order valence-corrected chi connectivity index (χ0v) is 13.4. The van der Waals surface area contributed by atoms with Crippen molar-refractivity contribution in [3.8, 4) is 5.75 Å². The first-order chi connectivity index (χ1) is 11.1. The van der Waals surface area contributed by atoms with Gasteiger partial charge >= 0.3 is 0 Å². The Morgan fingerprint density at radius 3 is 2.78 bits per heavy atom. The number of anilines is 1. The highest BCUT2D eigenvalue weighted by Crippen LogP contribution is 2.32. The number of nitro benzene ring substituents is 1. The number of methoxy groups -OCH3 is 1. The molecule has 1 aromatic carbocycles. The third-order valence-corrected chi connectivity index (χ3v) is 5.10. The monoisotopic (exact) mass is 332 g/mol. The lowest BCUT2D eigenvalue weighted by atomic mass is 9.99. The number of aryl methyl sites for hydroxylation is 2. The van der Waals surface area contributed by atoms with Crippen LogP contribution in [0.4, 0.5) is 11.4 Å². The molecule has 2 aromatic rings. The molecule has 120 valence electrons. The Labute approximate surface area is 137 Å². The van der Waals surface area contributed by atoms with Crippen molar-refractivity contribution >= 4 is 28.6 Å². The maximum atomic E-state index is 12.5. The number of nitrogens with zero attached hydrogens (tertiary/aromatic N) is 1. The van der Waals surface area contributed by atoms with Crippen molar-refractivity contribution in [2.45, 2.75) is 25.7 Å². The van der Waals surface area contributed by atoms with Gasteiger partial charge in [-0.05, 0) is 43.4 Å². The van der Waals surface area contributed by atoms with Gasteiger partial charge < -0.3 is 10.1 Å². The van der Waals surface area contributed by atoms with Gasteiger partial charge in [0.1, 0.15) is 5.75 Å². The Morgan fingerprint density at radius 1 is 1.30 bits per heavy atom. The molecule has 7 heteroatoms. The lowest BCUT2D eigenvalue weighted by Crippen LogP contribution is -2.11. The number of carbonyl (C=O) groups excluding carboxylic acids is 1. The van der Waals surface area contributed by atoms with Gasteiger partial charge in [0, 0.05) is 17.0 Å². The van der Waals surface area contributed by atoms with Crippen molar-refractivity contribution in [1.82, 2.24) is 0 Å². The van der Waals surface area contributed by atoms with Gasteiger partial charge in [0.2, 0.25) is 0 Å². The molecule has 1 aliphatic rings. The molecular formula is C16H16N2O4S. The van der Waals surface area contributed by atoms with Crippen molar-refractivity contribution in [2.75, 3.05) is 12.4 Å². The molecule has 0 saturated carbocycles. The third-order valence-electron chi connectivity index (χ3n) is 3.86. The molecule has 0 atom stereocenters. The Hall–Kier alpha value is -2.41. The molecule has 0 radical (unpaired) electrons. The Morgan fingerprint density at radius 2 is 2.09 bits per heavy atom. The van der Waals surface area contributed by atoms with E-state index >= 15 is 0 Å². The van der Waals surface area contributed by atoms with Crippen molar-refractivity contribution in [2.24, 2.45) is 0 Å². The van der Waals surface area contributed by atoms with E-state index in [2.05, 4.69) is 5.32 Å². The maximum absolute atomic E-state index is 12.5. The van der Waals surface area contributed by atoms with Gasteiger partial charge in [-0.25, -0.2) is 0 Å². The first-order valence-corrected chi connectivity index (χ1v) is 8.15. The maximum Gasteiger partial charge on any atom is 0.271 e. The van der Waals surface area contributed by atoms with Gasteiger partial charge in [0.15, 0.2) is 0 Å². The number of hydrogen-bond acceptors (Lipinski definition) is 5. The van der Waals surface area contributed by atoms with Crippen LogP contribution in [-0.4, -0.2) is 17.9 Å². The summed E-state index contributed by atoms with van der Waals surface area (Å²) in [6.45, 7) is 0. The van der Waals surface area contributed by atoms with Crippen LogP contribution in [0.15, 0.2) is 24.3 Å². The normalized spacial score (nSPS) is 13.3. The highest BCUT2D eigenvalue weighted by molar-refractivity contribution is 7.14. The zero-order valence-electron chi connectivity index (χ0n) is 12.6. The van der Waals surface area contributed by atoms with Crippen LogP contribution in [0.3, 0.4) is 0 Å². The number of rotatable bonds is 4. The fourth-order valence-corrected chi connectivity index (χ4v) is 3.84. The minimum Gasteiger partial charge on any atom is -0.495 e. The minimum absolute atomic E-state index is 0.0911. The molecule has 0 unspecified atom stereocenters. The number of thiophene rings is 1.